The van der Waals surface area contributed by atoms with Gasteiger partial charge in [0.1, 0.15) is 11.5 Å². The summed E-state index contributed by atoms with van der Waals surface area (Å²) in [5.41, 5.74) is 6.30. The van der Waals surface area contributed by atoms with Crippen molar-refractivity contribution in [2.45, 2.75) is 39.2 Å². The maximum absolute atomic E-state index is 12.7. The van der Waals surface area contributed by atoms with Crippen LogP contribution in [-0.4, -0.2) is 53.8 Å². The van der Waals surface area contributed by atoms with Crippen LogP contribution in [0.2, 0.25) is 0 Å². The topological polar surface area (TPSA) is 79.8 Å². The van der Waals surface area contributed by atoms with Crippen molar-refractivity contribution in [3.8, 4) is 0 Å². The highest BCUT2D eigenvalue weighted by molar-refractivity contribution is 5.95. The molecule has 0 spiro atoms. The van der Waals surface area contributed by atoms with Gasteiger partial charge in [0.15, 0.2) is 0 Å². The minimum atomic E-state index is 0. The standard InChI is InChI=1S/C17H25N3O3.ClH/c1-11-9-14(12(2)23-11)17(22)19-7-5-15-13(10-19)3-4-16(21)20(15)8-6-18;/h9,13,15H,3-8,10,18H2,1-2H3;1H/t13-,15+;/m0./s1. The Morgan fingerprint density at radius 1 is 1.38 bits per heavy atom. The van der Waals surface area contributed by atoms with Crippen molar-refractivity contribution in [2.75, 3.05) is 26.2 Å². The second-order valence-corrected chi connectivity index (χ2v) is 6.61. The van der Waals surface area contributed by atoms with Crippen LogP contribution < -0.4 is 5.73 Å². The van der Waals surface area contributed by atoms with Gasteiger partial charge in [0, 0.05) is 38.6 Å². The van der Waals surface area contributed by atoms with Gasteiger partial charge in [-0.3, -0.25) is 9.59 Å². The highest BCUT2D eigenvalue weighted by Crippen LogP contribution is 2.32. The lowest BCUT2D eigenvalue weighted by Gasteiger charge is -2.47. The number of fused-ring (bicyclic) bond motifs is 1. The normalized spacial score (nSPS) is 23.7. The van der Waals surface area contributed by atoms with Crippen LogP contribution in [0.25, 0.3) is 0 Å². The van der Waals surface area contributed by atoms with E-state index in [9.17, 15) is 9.59 Å². The van der Waals surface area contributed by atoms with E-state index in [-0.39, 0.29) is 30.3 Å². The van der Waals surface area contributed by atoms with E-state index in [1.165, 1.54) is 0 Å². The summed E-state index contributed by atoms with van der Waals surface area (Å²) >= 11 is 0. The lowest BCUT2D eigenvalue weighted by molar-refractivity contribution is -0.140. The molecule has 2 aliphatic heterocycles. The van der Waals surface area contributed by atoms with E-state index in [2.05, 4.69) is 0 Å². The van der Waals surface area contributed by atoms with Gasteiger partial charge in [0.2, 0.25) is 5.91 Å². The zero-order valence-electron chi connectivity index (χ0n) is 14.3. The van der Waals surface area contributed by atoms with Gasteiger partial charge in [-0.25, -0.2) is 0 Å². The monoisotopic (exact) mass is 355 g/mol. The molecule has 2 N–H and O–H groups in total. The van der Waals surface area contributed by atoms with Crippen LogP contribution in [0, 0.1) is 19.8 Å². The second kappa shape index (κ2) is 7.57. The van der Waals surface area contributed by atoms with Crippen LogP contribution in [0.1, 0.15) is 41.1 Å². The van der Waals surface area contributed by atoms with Crippen LogP contribution >= 0.6 is 12.4 Å². The predicted octanol–water partition coefficient (Wildman–Crippen LogP) is 1.73. The average molecular weight is 356 g/mol. The summed E-state index contributed by atoms with van der Waals surface area (Å²) in [7, 11) is 0. The molecule has 0 aliphatic carbocycles. The van der Waals surface area contributed by atoms with Gasteiger partial charge in [0.05, 0.1) is 5.56 Å². The number of hydrogen-bond acceptors (Lipinski definition) is 4. The Kier molecular flexibility index (Phi) is 5.93. The Balaban J connectivity index is 0.00000208. The molecule has 1 aromatic heterocycles. The summed E-state index contributed by atoms with van der Waals surface area (Å²) in [6.07, 6.45) is 2.25. The molecule has 1 aromatic rings. The summed E-state index contributed by atoms with van der Waals surface area (Å²) in [5.74, 6) is 2.04. The van der Waals surface area contributed by atoms with Gasteiger partial charge in [-0.15, -0.1) is 12.4 Å². The molecule has 134 valence electrons. The van der Waals surface area contributed by atoms with Crippen molar-refractivity contribution in [3.05, 3.63) is 23.2 Å². The molecule has 2 amide bonds. The first-order chi connectivity index (χ1) is 11.0. The first-order valence-corrected chi connectivity index (χ1v) is 8.37. The van der Waals surface area contributed by atoms with Gasteiger partial charge >= 0.3 is 0 Å². The molecule has 0 radical (unpaired) electrons. The van der Waals surface area contributed by atoms with Crippen LogP contribution in [0.3, 0.4) is 0 Å². The average Bonchev–Trinajstić information content (AvgIpc) is 2.87. The number of amides is 2. The van der Waals surface area contributed by atoms with Crippen molar-refractivity contribution in [2.24, 2.45) is 11.7 Å². The van der Waals surface area contributed by atoms with Crippen molar-refractivity contribution in [1.82, 2.24) is 9.80 Å². The Bertz CT molecular complexity index is 616. The highest BCUT2D eigenvalue weighted by atomic mass is 35.5. The Hall–Kier alpha value is -1.53. The van der Waals surface area contributed by atoms with E-state index < -0.39 is 0 Å². The third kappa shape index (κ3) is 3.44. The fourth-order valence-corrected chi connectivity index (χ4v) is 3.98. The third-order valence-electron chi connectivity index (χ3n) is 5.07. The van der Waals surface area contributed by atoms with E-state index in [1.807, 2.05) is 29.7 Å². The third-order valence-corrected chi connectivity index (χ3v) is 5.07. The quantitative estimate of drug-likeness (QED) is 0.895. The molecular formula is C17H26ClN3O3. The lowest BCUT2D eigenvalue weighted by Crippen LogP contribution is -2.57. The fraction of sp³-hybridized carbons (Fsp3) is 0.647. The van der Waals surface area contributed by atoms with Crippen LogP contribution in [0.4, 0.5) is 0 Å². The number of halogens is 1. The smallest absolute Gasteiger partial charge is 0.257 e. The number of nitrogens with zero attached hydrogens (tertiary/aromatic N) is 2. The zero-order valence-corrected chi connectivity index (χ0v) is 15.1. The van der Waals surface area contributed by atoms with Gasteiger partial charge in [-0.05, 0) is 38.7 Å². The van der Waals surface area contributed by atoms with E-state index in [1.54, 1.807) is 0 Å². The van der Waals surface area contributed by atoms with Gasteiger partial charge in [0.25, 0.3) is 5.91 Å². The van der Waals surface area contributed by atoms with E-state index >= 15 is 0 Å². The number of carbonyl (C=O) groups excluding carboxylic acids is 2. The molecule has 0 unspecified atom stereocenters. The van der Waals surface area contributed by atoms with Crippen molar-refractivity contribution >= 4 is 24.2 Å². The summed E-state index contributed by atoms with van der Waals surface area (Å²) in [6.45, 7) is 6.18. The maximum atomic E-state index is 12.7. The van der Waals surface area contributed by atoms with E-state index in [0.717, 1.165) is 18.6 Å². The van der Waals surface area contributed by atoms with E-state index in [4.69, 9.17) is 10.2 Å². The Labute approximate surface area is 148 Å². The molecule has 2 fully saturated rings. The number of furan rings is 1. The van der Waals surface area contributed by atoms with Crippen molar-refractivity contribution in [3.63, 3.8) is 0 Å². The minimum Gasteiger partial charge on any atom is -0.466 e. The highest BCUT2D eigenvalue weighted by Gasteiger charge is 2.40. The number of carbonyl (C=O) groups is 2. The molecule has 3 heterocycles. The van der Waals surface area contributed by atoms with Crippen molar-refractivity contribution in [1.29, 1.82) is 0 Å². The number of aryl methyl sites for hydroxylation is 2. The molecule has 3 rings (SSSR count). The summed E-state index contributed by atoms with van der Waals surface area (Å²) in [6, 6.07) is 2.05. The number of nitrogens with two attached hydrogens (primary N) is 1. The molecule has 24 heavy (non-hydrogen) atoms. The first kappa shape index (κ1) is 18.8. The Morgan fingerprint density at radius 3 is 2.75 bits per heavy atom. The molecule has 2 atom stereocenters. The lowest BCUT2D eigenvalue weighted by atomic mass is 9.83. The number of rotatable bonds is 3. The molecule has 2 aliphatic rings. The number of hydrogen-bond donors (Lipinski definition) is 1. The van der Waals surface area contributed by atoms with Crippen LogP contribution in [0.15, 0.2) is 10.5 Å². The second-order valence-electron chi connectivity index (χ2n) is 6.61. The maximum Gasteiger partial charge on any atom is 0.257 e. The van der Waals surface area contributed by atoms with Crippen molar-refractivity contribution < 1.29 is 14.0 Å². The molecule has 0 aromatic carbocycles. The molecule has 0 bridgehead atoms. The molecular weight excluding hydrogens is 330 g/mol. The molecule has 7 heteroatoms. The minimum absolute atomic E-state index is 0. The van der Waals surface area contributed by atoms with Crippen LogP contribution in [-0.2, 0) is 4.79 Å². The molecule has 2 saturated heterocycles. The summed E-state index contributed by atoms with van der Waals surface area (Å²) in [5, 5.41) is 0. The number of piperidine rings is 2. The zero-order chi connectivity index (χ0) is 16.6. The van der Waals surface area contributed by atoms with Gasteiger partial charge < -0.3 is 20.0 Å². The van der Waals surface area contributed by atoms with E-state index in [0.29, 0.717) is 49.8 Å². The fourth-order valence-electron chi connectivity index (χ4n) is 3.98. The largest absolute Gasteiger partial charge is 0.466 e. The molecule has 6 nitrogen and oxygen atoms in total. The van der Waals surface area contributed by atoms with Gasteiger partial charge in [-0.1, -0.05) is 0 Å². The Morgan fingerprint density at radius 2 is 2.12 bits per heavy atom. The summed E-state index contributed by atoms with van der Waals surface area (Å²) in [4.78, 5) is 28.7. The first-order valence-electron chi connectivity index (χ1n) is 8.37. The SMILES string of the molecule is Cc1cc(C(=O)N2CC[C@@H]3[C@@H](CCC(=O)N3CCN)C2)c(C)o1.Cl. The van der Waals surface area contributed by atoms with Crippen LogP contribution in [0.5, 0.6) is 0 Å². The number of likely N-dealkylation sites (tertiary alicyclic amines) is 2. The van der Waals surface area contributed by atoms with Gasteiger partial charge in [-0.2, -0.15) is 0 Å². The summed E-state index contributed by atoms with van der Waals surface area (Å²) < 4.78 is 5.48. The predicted molar refractivity (Wildman–Crippen MR) is 93.2 cm³/mol. The molecule has 0 saturated carbocycles.